The van der Waals surface area contributed by atoms with Gasteiger partial charge in [-0.15, -0.1) is 0 Å². The van der Waals surface area contributed by atoms with Gasteiger partial charge in [-0.2, -0.15) is 0 Å². The van der Waals surface area contributed by atoms with Crippen molar-refractivity contribution < 1.29 is 0 Å². The molecule has 0 fully saturated rings. The summed E-state index contributed by atoms with van der Waals surface area (Å²) in [6, 6.07) is 50.1. The van der Waals surface area contributed by atoms with Crippen molar-refractivity contribution in [3.05, 3.63) is 156 Å². The van der Waals surface area contributed by atoms with E-state index in [-0.39, 0.29) is 5.41 Å². The minimum Gasteiger partial charge on any atom is -0.378 e. The van der Waals surface area contributed by atoms with Gasteiger partial charge in [-0.25, -0.2) is 0 Å². The first-order valence-electron chi connectivity index (χ1n) is 15.0. The highest BCUT2D eigenvalue weighted by atomic mass is 15.1. The fourth-order valence-electron chi connectivity index (χ4n) is 7.43. The summed E-state index contributed by atoms with van der Waals surface area (Å²) in [5.41, 5.74) is 17.8. The van der Waals surface area contributed by atoms with Crippen LogP contribution in [0.15, 0.2) is 133 Å². The number of hydrogen-bond donors (Lipinski definition) is 0. The molecule has 0 N–H and O–H groups in total. The van der Waals surface area contributed by atoms with Crippen LogP contribution in [0.1, 0.15) is 22.3 Å². The molecule has 0 atom stereocenters. The van der Waals surface area contributed by atoms with Crippen molar-refractivity contribution in [1.82, 2.24) is 0 Å². The summed E-state index contributed by atoms with van der Waals surface area (Å²) in [4.78, 5) is 4.34. The Bertz CT molecular complexity index is 1900. The van der Waals surface area contributed by atoms with Crippen LogP contribution in [-0.2, 0) is 5.41 Å². The topological polar surface area (TPSA) is 6.48 Å². The first-order chi connectivity index (χ1) is 21.0. The summed E-state index contributed by atoms with van der Waals surface area (Å²) in [5, 5.41) is 0. The molecule has 8 rings (SSSR count). The smallest absolute Gasteiger partial charge is 0.0725 e. The molecular weight excluding hydrogens is 520 g/mol. The molecule has 2 heteroatoms. The Morgan fingerprint density at radius 3 is 1.19 bits per heavy atom. The number of benzene rings is 6. The monoisotopic (exact) mass is 554 g/mol. The fourth-order valence-corrected chi connectivity index (χ4v) is 7.43. The van der Waals surface area contributed by atoms with E-state index in [0.29, 0.717) is 0 Å². The molecule has 0 bridgehead atoms. The van der Waals surface area contributed by atoms with Gasteiger partial charge in [0.1, 0.15) is 0 Å². The van der Waals surface area contributed by atoms with E-state index in [2.05, 4.69) is 171 Å². The third kappa shape index (κ3) is 3.66. The second-order valence-electron chi connectivity index (χ2n) is 12.3. The number of nitrogens with zero attached hydrogens (tertiary/aromatic N) is 2. The standard InChI is InChI=1S/C41H34N2/c1-42(2)31-13-9-11-27(23-31)29-19-21-35-36-22-20-30(28-12-10-14-32(24-28)43(3)4)26-40(36)41(39(35)25-29)37-17-7-5-15-33(37)34-16-6-8-18-38(34)41/h5-26H,1-4H3. The minimum absolute atomic E-state index is 0.387. The Balaban J connectivity index is 1.43. The molecule has 2 aliphatic carbocycles. The molecule has 0 heterocycles. The highest BCUT2D eigenvalue weighted by Gasteiger charge is 2.51. The van der Waals surface area contributed by atoms with Gasteiger partial charge in [0.2, 0.25) is 0 Å². The van der Waals surface area contributed by atoms with Gasteiger partial charge < -0.3 is 9.80 Å². The van der Waals surface area contributed by atoms with Crippen molar-refractivity contribution in [3.63, 3.8) is 0 Å². The van der Waals surface area contributed by atoms with Crippen LogP contribution >= 0.6 is 0 Å². The summed E-state index contributed by atoms with van der Waals surface area (Å²) in [5.74, 6) is 0. The van der Waals surface area contributed by atoms with E-state index < -0.39 is 0 Å². The van der Waals surface area contributed by atoms with E-state index in [1.165, 1.54) is 78.1 Å². The van der Waals surface area contributed by atoms with Gasteiger partial charge in [0, 0.05) is 39.6 Å². The number of rotatable bonds is 4. The SMILES string of the molecule is CN(C)c1cccc(-c2ccc3c(c2)C2(c4ccccc4-c4ccccc42)c2cc(-c4cccc(N(C)C)c4)ccc2-3)c1. The molecule has 6 aromatic rings. The van der Waals surface area contributed by atoms with Gasteiger partial charge in [0.05, 0.1) is 5.41 Å². The van der Waals surface area contributed by atoms with Crippen LogP contribution in [0.5, 0.6) is 0 Å². The molecule has 208 valence electrons. The van der Waals surface area contributed by atoms with Crippen molar-refractivity contribution in [2.24, 2.45) is 0 Å². The Hall–Kier alpha value is -5.08. The van der Waals surface area contributed by atoms with E-state index in [0.717, 1.165) is 0 Å². The molecular formula is C41H34N2. The second-order valence-corrected chi connectivity index (χ2v) is 12.3. The maximum atomic E-state index is 2.47. The lowest BCUT2D eigenvalue weighted by atomic mass is 9.70. The van der Waals surface area contributed by atoms with Gasteiger partial charge in [-0.1, -0.05) is 97.1 Å². The molecule has 6 aromatic carbocycles. The van der Waals surface area contributed by atoms with Gasteiger partial charge >= 0.3 is 0 Å². The zero-order valence-corrected chi connectivity index (χ0v) is 25.1. The van der Waals surface area contributed by atoms with Crippen LogP contribution in [0, 0.1) is 0 Å². The van der Waals surface area contributed by atoms with Crippen molar-refractivity contribution >= 4 is 11.4 Å². The third-order valence-corrected chi connectivity index (χ3v) is 9.48. The molecule has 0 aromatic heterocycles. The molecule has 43 heavy (non-hydrogen) atoms. The molecule has 1 spiro atoms. The van der Waals surface area contributed by atoms with Gasteiger partial charge in [0.25, 0.3) is 0 Å². The lowest BCUT2D eigenvalue weighted by Gasteiger charge is -2.31. The third-order valence-electron chi connectivity index (χ3n) is 9.48. The molecule has 0 unspecified atom stereocenters. The molecule has 0 radical (unpaired) electrons. The molecule has 0 saturated heterocycles. The summed E-state index contributed by atoms with van der Waals surface area (Å²) in [7, 11) is 8.41. The average molecular weight is 555 g/mol. The van der Waals surface area contributed by atoms with E-state index >= 15 is 0 Å². The molecule has 0 aliphatic heterocycles. The lowest BCUT2D eigenvalue weighted by molar-refractivity contribution is 0.794. The van der Waals surface area contributed by atoms with E-state index in [9.17, 15) is 0 Å². The van der Waals surface area contributed by atoms with Gasteiger partial charge in [-0.05, 0) is 103 Å². The molecule has 2 nitrogen and oxygen atoms in total. The van der Waals surface area contributed by atoms with Gasteiger partial charge in [-0.3, -0.25) is 0 Å². The summed E-state index contributed by atoms with van der Waals surface area (Å²) < 4.78 is 0. The van der Waals surface area contributed by atoms with Crippen molar-refractivity contribution in [2.75, 3.05) is 38.0 Å². The summed E-state index contributed by atoms with van der Waals surface area (Å²) in [6.45, 7) is 0. The number of hydrogen-bond acceptors (Lipinski definition) is 2. The van der Waals surface area contributed by atoms with E-state index in [1.54, 1.807) is 0 Å². The van der Waals surface area contributed by atoms with Crippen molar-refractivity contribution in [3.8, 4) is 44.5 Å². The highest BCUT2D eigenvalue weighted by molar-refractivity contribution is 5.97. The molecule has 2 aliphatic rings. The van der Waals surface area contributed by atoms with Crippen LogP contribution in [0.4, 0.5) is 11.4 Å². The average Bonchev–Trinajstić information content (AvgIpc) is 3.51. The Morgan fingerprint density at radius 2 is 0.744 bits per heavy atom. The van der Waals surface area contributed by atoms with Gasteiger partial charge in [0.15, 0.2) is 0 Å². The summed E-state index contributed by atoms with van der Waals surface area (Å²) in [6.07, 6.45) is 0. The number of anilines is 2. The fraction of sp³-hybridized carbons (Fsp3) is 0.122. The first kappa shape index (κ1) is 25.6. The largest absolute Gasteiger partial charge is 0.378 e. The normalized spacial score (nSPS) is 13.3. The summed E-state index contributed by atoms with van der Waals surface area (Å²) >= 11 is 0. The van der Waals surface area contributed by atoms with Crippen molar-refractivity contribution in [2.45, 2.75) is 5.41 Å². The predicted octanol–water partition coefficient (Wildman–Crippen LogP) is 9.50. The minimum atomic E-state index is -0.387. The Labute approximate surface area is 254 Å². The van der Waals surface area contributed by atoms with Crippen LogP contribution in [-0.4, -0.2) is 28.2 Å². The quantitative estimate of drug-likeness (QED) is 0.214. The molecule has 0 saturated carbocycles. The zero-order valence-electron chi connectivity index (χ0n) is 25.1. The molecule has 0 amide bonds. The lowest BCUT2D eigenvalue weighted by Crippen LogP contribution is -2.26. The van der Waals surface area contributed by atoms with Crippen LogP contribution in [0.3, 0.4) is 0 Å². The van der Waals surface area contributed by atoms with Crippen molar-refractivity contribution in [1.29, 1.82) is 0 Å². The maximum absolute atomic E-state index is 2.47. The van der Waals surface area contributed by atoms with Crippen LogP contribution < -0.4 is 9.80 Å². The Morgan fingerprint density at radius 1 is 0.349 bits per heavy atom. The van der Waals surface area contributed by atoms with Crippen LogP contribution in [0.2, 0.25) is 0 Å². The predicted molar refractivity (Wildman–Crippen MR) is 182 cm³/mol. The maximum Gasteiger partial charge on any atom is 0.0725 e. The second kappa shape index (κ2) is 9.47. The first-order valence-corrected chi connectivity index (χ1v) is 15.0. The number of fused-ring (bicyclic) bond motifs is 10. The zero-order chi connectivity index (χ0) is 29.3. The van der Waals surface area contributed by atoms with Crippen LogP contribution in [0.25, 0.3) is 44.5 Å². The van der Waals surface area contributed by atoms with E-state index in [1.807, 2.05) is 0 Å². The highest BCUT2D eigenvalue weighted by Crippen LogP contribution is 2.63. The van der Waals surface area contributed by atoms with E-state index in [4.69, 9.17) is 0 Å². The Kier molecular flexibility index (Phi) is 5.64.